The molecule has 0 spiro atoms. The molecule has 1 heteroatoms. The molecule has 0 aromatic heterocycles. The molecule has 2 N–H and O–H groups in total. The fourth-order valence-electron chi connectivity index (χ4n) is 2.15. The Balaban J connectivity index is 2.14. The lowest BCUT2D eigenvalue weighted by Crippen LogP contribution is -2.86. The van der Waals surface area contributed by atoms with Crippen LogP contribution in [0, 0.1) is 6.92 Å². The van der Waals surface area contributed by atoms with Gasteiger partial charge in [-0.15, -0.1) is 0 Å². The minimum Gasteiger partial charge on any atom is -0.340 e. The van der Waals surface area contributed by atoms with Crippen molar-refractivity contribution >= 4 is 0 Å². The van der Waals surface area contributed by atoms with E-state index in [1.165, 1.54) is 36.9 Å². The van der Waals surface area contributed by atoms with Crippen LogP contribution in [0.2, 0.25) is 0 Å². The van der Waals surface area contributed by atoms with Crippen molar-refractivity contribution in [2.24, 2.45) is 0 Å². The molecule has 13 heavy (non-hydrogen) atoms. The first kappa shape index (κ1) is 8.76. The lowest BCUT2D eigenvalue weighted by molar-refractivity contribution is -0.704. The molecule has 1 aromatic carbocycles. The Morgan fingerprint density at radius 3 is 2.92 bits per heavy atom. The van der Waals surface area contributed by atoms with Crippen molar-refractivity contribution in [3.8, 4) is 0 Å². The fraction of sp³-hybridized carbons (Fsp3) is 0.500. The first-order valence-electron chi connectivity index (χ1n) is 5.26. The first-order chi connectivity index (χ1) is 6.36. The largest absolute Gasteiger partial charge is 0.340 e. The minimum absolute atomic E-state index is 0.730. The molecule has 2 rings (SSSR count). The highest BCUT2D eigenvalue weighted by molar-refractivity contribution is 5.23. The number of benzene rings is 1. The van der Waals surface area contributed by atoms with Crippen LogP contribution in [-0.2, 0) is 0 Å². The van der Waals surface area contributed by atoms with E-state index < -0.39 is 0 Å². The number of rotatable bonds is 1. The molecule has 70 valence electrons. The highest BCUT2D eigenvalue weighted by Crippen LogP contribution is 2.18. The van der Waals surface area contributed by atoms with Gasteiger partial charge < -0.3 is 5.32 Å². The zero-order valence-corrected chi connectivity index (χ0v) is 8.29. The zero-order chi connectivity index (χ0) is 9.10. The number of nitrogens with two attached hydrogens (primary N) is 1. The molecule has 1 atom stereocenters. The maximum Gasteiger partial charge on any atom is 0.112 e. The van der Waals surface area contributed by atoms with Gasteiger partial charge in [0.15, 0.2) is 0 Å². The Morgan fingerprint density at radius 2 is 2.23 bits per heavy atom. The second kappa shape index (κ2) is 3.93. The van der Waals surface area contributed by atoms with Crippen molar-refractivity contribution in [2.75, 3.05) is 6.54 Å². The first-order valence-corrected chi connectivity index (χ1v) is 5.26. The molecular formula is C12H18N+. The van der Waals surface area contributed by atoms with Gasteiger partial charge in [0, 0.05) is 12.0 Å². The van der Waals surface area contributed by atoms with Crippen LogP contribution >= 0.6 is 0 Å². The number of quaternary nitrogens is 1. The molecule has 1 saturated heterocycles. The molecule has 0 bridgehead atoms. The normalized spacial score (nSPS) is 23.0. The highest BCUT2D eigenvalue weighted by Gasteiger charge is 2.17. The predicted molar refractivity (Wildman–Crippen MR) is 54.6 cm³/mol. The fourth-order valence-corrected chi connectivity index (χ4v) is 2.15. The Morgan fingerprint density at radius 1 is 1.31 bits per heavy atom. The summed E-state index contributed by atoms with van der Waals surface area (Å²) in [6.07, 6.45) is 4.14. The second-order valence-electron chi connectivity index (χ2n) is 4.04. The topological polar surface area (TPSA) is 16.6 Å². The molecule has 0 amide bonds. The van der Waals surface area contributed by atoms with Crippen LogP contribution in [0.25, 0.3) is 0 Å². The molecule has 1 aliphatic rings. The lowest BCUT2D eigenvalue weighted by Gasteiger charge is -2.20. The summed E-state index contributed by atoms with van der Waals surface area (Å²) in [5, 5.41) is 2.48. The average Bonchev–Trinajstić information content (AvgIpc) is 2.19. The monoisotopic (exact) mass is 176 g/mol. The smallest absolute Gasteiger partial charge is 0.112 e. The number of piperidine rings is 1. The van der Waals surface area contributed by atoms with Crippen LogP contribution < -0.4 is 5.32 Å². The van der Waals surface area contributed by atoms with Crippen LogP contribution in [0.4, 0.5) is 0 Å². The molecule has 1 aliphatic heterocycles. The molecule has 1 fully saturated rings. The van der Waals surface area contributed by atoms with E-state index >= 15 is 0 Å². The Kier molecular flexibility index (Phi) is 2.65. The van der Waals surface area contributed by atoms with Crippen LogP contribution in [0.1, 0.15) is 36.4 Å². The third-order valence-corrected chi connectivity index (χ3v) is 2.89. The van der Waals surface area contributed by atoms with Crippen molar-refractivity contribution < 1.29 is 5.32 Å². The molecule has 1 nitrogen and oxygen atoms in total. The minimum atomic E-state index is 0.730. The number of hydrogen-bond acceptors (Lipinski definition) is 0. The van der Waals surface area contributed by atoms with Gasteiger partial charge in [-0.05, 0) is 19.8 Å². The van der Waals surface area contributed by atoms with Gasteiger partial charge in [0.2, 0.25) is 0 Å². The maximum absolute atomic E-state index is 2.48. The highest BCUT2D eigenvalue weighted by atomic mass is 14.9. The van der Waals surface area contributed by atoms with Gasteiger partial charge in [-0.2, -0.15) is 0 Å². The quantitative estimate of drug-likeness (QED) is 0.672. The number of aryl methyl sites for hydroxylation is 1. The van der Waals surface area contributed by atoms with Gasteiger partial charge in [-0.3, -0.25) is 0 Å². The van der Waals surface area contributed by atoms with Crippen LogP contribution in [0.5, 0.6) is 0 Å². The number of hydrogen-bond donors (Lipinski definition) is 1. The van der Waals surface area contributed by atoms with Crippen LogP contribution in [-0.4, -0.2) is 6.54 Å². The van der Waals surface area contributed by atoms with E-state index in [4.69, 9.17) is 0 Å². The van der Waals surface area contributed by atoms with E-state index in [0.29, 0.717) is 0 Å². The summed E-state index contributed by atoms with van der Waals surface area (Å²) in [5.74, 6) is 0. The van der Waals surface area contributed by atoms with Crippen LogP contribution in [0.15, 0.2) is 24.3 Å². The van der Waals surface area contributed by atoms with Gasteiger partial charge in [0.05, 0.1) is 6.54 Å². The van der Waals surface area contributed by atoms with Crippen molar-refractivity contribution in [3.05, 3.63) is 35.4 Å². The Labute approximate surface area is 80.2 Å². The van der Waals surface area contributed by atoms with E-state index in [1.807, 2.05) is 0 Å². The van der Waals surface area contributed by atoms with E-state index in [9.17, 15) is 0 Å². The van der Waals surface area contributed by atoms with E-state index in [2.05, 4.69) is 36.5 Å². The lowest BCUT2D eigenvalue weighted by atomic mass is 9.96. The van der Waals surface area contributed by atoms with Gasteiger partial charge in [-0.25, -0.2) is 0 Å². The standard InChI is InChI=1S/C12H17N/c1-10-5-4-6-11(9-10)12-7-2-3-8-13-12/h4-6,9,12-13H,2-3,7-8H2,1H3/p+1/t12-/m1/s1. The van der Waals surface area contributed by atoms with E-state index in [1.54, 1.807) is 0 Å². The average molecular weight is 176 g/mol. The summed E-state index contributed by atoms with van der Waals surface area (Å²) in [6, 6.07) is 9.67. The second-order valence-corrected chi connectivity index (χ2v) is 4.04. The summed E-state index contributed by atoms with van der Waals surface area (Å²) in [4.78, 5) is 0. The summed E-state index contributed by atoms with van der Waals surface area (Å²) < 4.78 is 0. The third kappa shape index (κ3) is 2.10. The summed E-state index contributed by atoms with van der Waals surface area (Å²) in [6.45, 7) is 3.48. The van der Waals surface area contributed by atoms with E-state index in [0.717, 1.165) is 6.04 Å². The molecule has 0 unspecified atom stereocenters. The molecule has 0 radical (unpaired) electrons. The summed E-state index contributed by atoms with van der Waals surface area (Å²) in [5.41, 5.74) is 2.90. The molecule has 1 aromatic rings. The molecule has 0 aliphatic carbocycles. The Bertz CT molecular complexity index is 274. The van der Waals surface area contributed by atoms with Crippen molar-refractivity contribution in [2.45, 2.75) is 32.2 Å². The van der Waals surface area contributed by atoms with Gasteiger partial charge >= 0.3 is 0 Å². The molecule has 0 saturated carbocycles. The van der Waals surface area contributed by atoms with Crippen molar-refractivity contribution in [1.82, 2.24) is 0 Å². The van der Waals surface area contributed by atoms with Gasteiger partial charge in [-0.1, -0.05) is 29.8 Å². The summed E-state index contributed by atoms with van der Waals surface area (Å²) in [7, 11) is 0. The van der Waals surface area contributed by atoms with Crippen molar-refractivity contribution in [3.63, 3.8) is 0 Å². The zero-order valence-electron chi connectivity index (χ0n) is 8.29. The Hall–Kier alpha value is -0.820. The van der Waals surface area contributed by atoms with Crippen molar-refractivity contribution in [1.29, 1.82) is 0 Å². The molecule has 1 heterocycles. The van der Waals surface area contributed by atoms with Gasteiger partial charge in [0.25, 0.3) is 0 Å². The SMILES string of the molecule is Cc1cccc([C@H]2CCCC[NH2+]2)c1. The molecular weight excluding hydrogens is 158 g/mol. The van der Waals surface area contributed by atoms with E-state index in [-0.39, 0.29) is 0 Å². The van der Waals surface area contributed by atoms with Crippen LogP contribution in [0.3, 0.4) is 0 Å². The maximum atomic E-state index is 2.48. The third-order valence-electron chi connectivity index (χ3n) is 2.89. The summed E-state index contributed by atoms with van der Waals surface area (Å²) >= 11 is 0. The van der Waals surface area contributed by atoms with Gasteiger partial charge in [0.1, 0.15) is 6.04 Å². The predicted octanol–water partition coefficient (Wildman–Crippen LogP) is 1.78.